The number of rotatable bonds is 10. The first-order chi connectivity index (χ1) is 20.4. The van der Waals surface area contributed by atoms with Crippen LogP contribution in [0.5, 0.6) is 11.5 Å². The number of aromatic nitrogens is 1. The third kappa shape index (κ3) is 5.89. The van der Waals surface area contributed by atoms with Gasteiger partial charge >= 0.3 is 11.9 Å². The topological polar surface area (TPSA) is 116 Å². The Morgan fingerprint density at radius 2 is 1.67 bits per heavy atom. The minimum Gasteiger partial charge on any atom is -0.490 e. The number of benzene rings is 3. The third-order valence-electron chi connectivity index (χ3n) is 6.41. The molecular formula is C32H28N2O7S. The van der Waals surface area contributed by atoms with Gasteiger partial charge in [0.05, 0.1) is 35.1 Å². The van der Waals surface area contributed by atoms with E-state index in [4.69, 9.17) is 24.3 Å². The zero-order valence-corrected chi connectivity index (χ0v) is 23.8. The highest BCUT2D eigenvalue weighted by atomic mass is 32.1. The minimum absolute atomic E-state index is 0.171. The molecule has 9 nitrogen and oxygen atoms in total. The van der Waals surface area contributed by atoms with Crippen molar-refractivity contribution in [3.63, 3.8) is 0 Å². The lowest BCUT2D eigenvalue weighted by Gasteiger charge is -2.25. The first kappa shape index (κ1) is 28.6. The number of ether oxygens (including phenoxy) is 3. The molecule has 0 saturated heterocycles. The van der Waals surface area contributed by atoms with Gasteiger partial charge in [-0.2, -0.15) is 0 Å². The number of esters is 1. The van der Waals surface area contributed by atoms with Crippen molar-refractivity contribution < 1.29 is 28.9 Å². The van der Waals surface area contributed by atoms with Gasteiger partial charge in [-0.25, -0.2) is 14.6 Å². The van der Waals surface area contributed by atoms with Crippen LogP contribution in [0.15, 0.2) is 94.2 Å². The molecule has 0 saturated carbocycles. The summed E-state index contributed by atoms with van der Waals surface area (Å²) in [5, 5.41) is 8.98. The van der Waals surface area contributed by atoms with Crippen molar-refractivity contribution >= 4 is 35.0 Å². The van der Waals surface area contributed by atoms with Gasteiger partial charge in [-0.15, -0.1) is 0 Å². The Morgan fingerprint density at radius 1 is 0.952 bits per heavy atom. The summed E-state index contributed by atoms with van der Waals surface area (Å²) in [5.74, 6) is -0.999. The zero-order valence-electron chi connectivity index (χ0n) is 23.0. The number of carboxylic acid groups (broad SMARTS) is 1. The molecule has 0 amide bonds. The second-order valence-corrected chi connectivity index (χ2v) is 10.2. The van der Waals surface area contributed by atoms with Crippen LogP contribution in [0.4, 0.5) is 0 Å². The fraction of sp³-hybridized carbons (Fsp3) is 0.188. The van der Waals surface area contributed by atoms with E-state index in [1.54, 1.807) is 42.7 Å². The van der Waals surface area contributed by atoms with Gasteiger partial charge in [0.25, 0.3) is 5.56 Å². The molecule has 0 fully saturated rings. The van der Waals surface area contributed by atoms with Crippen LogP contribution in [-0.2, 0) is 14.3 Å². The van der Waals surface area contributed by atoms with Crippen molar-refractivity contribution in [2.75, 3.05) is 19.8 Å². The molecule has 42 heavy (non-hydrogen) atoms. The Morgan fingerprint density at radius 3 is 2.33 bits per heavy atom. The summed E-state index contributed by atoms with van der Waals surface area (Å²) in [6.45, 7) is 3.54. The molecule has 0 bridgehead atoms. The number of nitrogens with zero attached hydrogens (tertiary/aromatic N) is 2. The fourth-order valence-corrected chi connectivity index (χ4v) is 5.68. The van der Waals surface area contributed by atoms with E-state index < -0.39 is 24.6 Å². The lowest BCUT2D eigenvalue weighted by atomic mass is 9.93. The molecule has 0 radical (unpaired) electrons. The number of fused-ring (bicyclic) bond motifs is 1. The van der Waals surface area contributed by atoms with Gasteiger partial charge in [-0.05, 0) is 43.2 Å². The molecule has 1 aliphatic heterocycles. The maximum Gasteiger partial charge on any atom is 0.341 e. The molecule has 0 spiro atoms. The van der Waals surface area contributed by atoms with Crippen molar-refractivity contribution in [3.05, 3.63) is 121 Å². The molecule has 1 atom stereocenters. The standard InChI is InChI=1S/C32H28N2O7S/c1-3-39-24-17-20(15-16-23(24)41-19-26(35)36)18-25-30(37)34-29(22-13-9-6-10-14-22)27(31(38)40-4-2)28(33-32(34)42-25)21-11-7-5-8-12-21/h5-18,29H,3-4,19H2,1-2H3,(H,35,36)/b25-18-/t29-/m1/s1. The first-order valence-corrected chi connectivity index (χ1v) is 14.2. The Labute approximate surface area is 245 Å². The van der Waals surface area contributed by atoms with E-state index in [1.807, 2.05) is 60.7 Å². The van der Waals surface area contributed by atoms with Crippen LogP contribution in [-0.4, -0.2) is 41.4 Å². The van der Waals surface area contributed by atoms with Crippen LogP contribution in [0.3, 0.4) is 0 Å². The highest BCUT2D eigenvalue weighted by Gasteiger charge is 2.35. The predicted molar refractivity (Wildman–Crippen MR) is 158 cm³/mol. The van der Waals surface area contributed by atoms with Gasteiger partial charge in [0, 0.05) is 5.56 Å². The van der Waals surface area contributed by atoms with E-state index in [0.29, 0.717) is 33.0 Å². The monoisotopic (exact) mass is 584 g/mol. The molecule has 5 rings (SSSR count). The first-order valence-electron chi connectivity index (χ1n) is 13.4. The smallest absolute Gasteiger partial charge is 0.341 e. The summed E-state index contributed by atoms with van der Waals surface area (Å²) in [4.78, 5) is 43.8. The largest absolute Gasteiger partial charge is 0.490 e. The maximum absolute atomic E-state index is 14.0. The molecule has 2 heterocycles. The van der Waals surface area contributed by atoms with Crippen LogP contribution < -0.4 is 24.4 Å². The SMILES string of the molecule is CCOC(=O)C1=C(c2ccccc2)N=c2s/c(=C\c3ccc(OCC(=O)O)c(OCC)c3)c(=O)n2[C@@H]1c1ccccc1. The molecule has 214 valence electrons. The lowest BCUT2D eigenvalue weighted by Crippen LogP contribution is -2.39. The van der Waals surface area contributed by atoms with Gasteiger partial charge < -0.3 is 19.3 Å². The summed E-state index contributed by atoms with van der Waals surface area (Å²) in [5.41, 5.74) is 2.55. The highest BCUT2D eigenvalue weighted by Crippen LogP contribution is 2.35. The molecule has 3 aromatic carbocycles. The third-order valence-corrected chi connectivity index (χ3v) is 7.39. The molecule has 4 aromatic rings. The molecular weight excluding hydrogens is 556 g/mol. The summed E-state index contributed by atoms with van der Waals surface area (Å²) in [6, 6.07) is 23.0. The maximum atomic E-state index is 14.0. The van der Waals surface area contributed by atoms with Gasteiger partial charge in [0.2, 0.25) is 0 Å². The van der Waals surface area contributed by atoms with E-state index in [9.17, 15) is 14.4 Å². The highest BCUT2D eigenvalue weighted by molar-refractivity contribution is 7.07. The number of hydrogen-bond donors (Lipinski definition) is 1. The Kier molecular flexibility index (Phi) is 8.63. The second kappa shape index (κ2) is 12.7. The normalized spacial score (nSPS) is 14.6. The molecule has 10 heteroatoms. The quantitative estimate of drug-likeness (QED) is 0.282. The number of aliphatic carboxylic acids is 1. The number of carboxylic acids is 1. The Balaban J connectivity index is 1.71. The van der Waals surface area contributed by atoms with E-state index in [-0.39, 0.29) is 23.5 Å². The molecule has 1 aliphatic rings. The predicted octanol–water partition coefficient (Wildman–Crippen LogP) is 3.80. The van der Waals surface area contributed by atoms with Crippen molar-refractivity contribution in [3.8, 4) is 11.5 Å². The number of carbonyl (C=O) groups is 2. The van der Waals surface area contributed by atoms with Crippen molar-refractivity contribution in [1.29, 1.82) is 0 Å². The van der Waals surface area contributed by atoms with E-state index >= 15 is 0 Å². The molecule has 0 aliphatic carbocycles. The van der Waals surface area contributed by atoms with E-state index in [2.05, 4.69) is 0 Å². The lowest BCUT2D eigenvalue weighted by molar-refractivity contribution is -0.140. The second-order valence-electron chi connectivity index (χ2n) is 9.16. The summed E-state index contributed by atoms with van der Waals surface area (Å²) in [7, 11) is 0. The van der Waals surface area contributed by atoms with Crippen LogP contribution >= 0.6 is 11.3 Å². The van der Waals surface area contributed by atoms with Gasteiger partial charge in [-0.1, -0.05) is 78.1 Å². The summed E-state index contributed by atoms with van der Waals surface area (Å²) in [6.07, 6.45) is 1.71. The average molecular weight is 585 g/mol. The van der Waals surface area contributed by atoms with Gasteiger partial charge in [-0.3, -0.25) is 9.36 Å². The van der Waals surface area contributed by atoms with Crippen LogP contribution in [0.1, 0.15) is 36.6 Å². The Bertz CT molecular complexity index is 1830. The molecule has 0 unspecified atom stereocenters. The minimum atomic E-state index is -1.10. The van der Waals surface area contributed by atoms with Crippen molar-refractivity contribution in [2.24, 2.45) is 4.99 Å². The number of hydrogen-bond acceptors (Lipinski definition) is 8. The van der Waals surface area contributed by atoms with Crippen LogP contribution in [0.25, 0.3) is 11.8 Å². The van der Waals surface area contributed by atoms with Gasteiger partial charge in [0.1, 0.15) is 0 Å². The molecule has 1 N–H and O–H groups in total. The number of thiazole rings is 1. The molecule has 1 aromatic heterocycles. The zero-order chi connectivity index (χ0) is 29.6. The number of carbonyl (C=O) groups excluding carboxylic acids is 1. The van der Waals surface area contributed by atoms with Gasteiger partial charge in [0.15, 0.2) is 22.9 Å². The van der Waals surface area contributed by atoms with E-state index in [0.717, 1.165) is 11.1 Å². The average Bonchev–Trinajstić information content (AvgIpc) is 3.31. The van der Waals surface area contributed by atoms with Crippen LogP contribution in [0.2, 0.25) is 0 Å². The van der Waals surface area contributed by atoms with Crippen LogP contribution in [0, 0.1) is 0 Å². The van der Waals surface area contributed by atoms with Crippen molar-refractivity contribution in [1.82, 2.24) is 4.57 Å². The Hall–Kier alpha value is -4.96. The van der Waals surface area contributed by atoms with Crippen molar-refractivity contribution in [2.45, 2.75) is 19.9 Å². The summed E-state index contributed by atoms with van der Waals surface area (Å²) >= 11 is 1.21. The van der Waals surface area contributed by atoms with E-state index in [1.165, 1.54) is 11.3 Å². The fourth-order valence-electron chi connectivity index (χ4n) is 4.68. The summed E-state index contributed by atoms with van der Waals surface area (Å²) < 4.78 is 18.4.